The van der Waals surface area contributed by atoms with E-state index >= 15 is 0 Å². The molecule has 0 atom stereocenters. The van der Waals surface area contributed by atoms with E-state index in [1.807, 2.05) is 73.7 Å². The highest BCUT2D eigenvalue weighted by Gasteiger charge is 2.19. The van der Waals surface area contributed by atoms with Crippen molar-refractivity contribution in [2.75, 3.05) is 17.7 Å². The van der Waals surface area contributed by atoms with E-state index in [1.165, 1.54) is 23.1 Å². The summed E-state index contributed by atoms with van der Waals surface area (Å²) in [6.07, 6.45) is 3.63. The number of hydrogen-bond acceptors (Lipinski definition) is 7. The first-order valence-corrected chi connectivity index (χ1v) is 13.9. The molecular formula is C29H23N5O2S2. The van der Waals surface area contributed by atoms with Crippen molar-refractivity contribution in [3.63, 3.8) is 0 Å². The normalized spacial score (nSPS) is 11.2. The number of rotatable bonds is 8. The van der Waals surface area contributed by atoms with Gasteiger partial charge >= 0.3 is 0 Å². The Morgan fingerprint density at radius 2 is 1.79 bits per heavy atom. The number of ether oxygens (including phenoxy) is 1. The molecule has 3 aromatic heterocycles. The maximum atomic E-state index is 12.8. The number of fused-ring (bicyclic) bond motifs is 2. The van der Waals surface area contributed by atoms with Crippen LogP contribution < -0.4 is 10.1 Å². The van der Waals surface area contributed by atoms with Crippen molar-refractivity contribution in [3.8, 4) is 22.6 Å². The maximum absolute atomic E-state index is 12.8. The minimum absolute atomic E-state index is 0.131. The lowest BCUT2D eigenvalue weighted by Gasteiger charge is -2.08. The van der Waals surface area contributed by atoms with Gasteiger partial charge in [-0.25, -0.2) is 15.0 Å². The van der Waals surface area contributed by atoms with Gasteiger partial charge < -0.3 is 14.6 Å². The molecule has 7 nitrogen and oxygen atoms in total. The van der Waals surface area contributed by atoms with Gasteiger partial charge in [0.2, 0.25) is 5.91 Å². The lowest BCUT2D eigenvalue weighted by molar-refractivity contribution is -0.113. The second-order valence-corrected chi connectivity index (χ2v) is 10.4. The third-order valence-corrected chi connectivity index (χ3v) is 7.88. The zero-order chi connectivity index (χ0) is 25.9. The first-order valence-electron chi connectivity index (χ1n) is 12.1. The van der Waals surface area contributed by atoms with Crippen LogP contribution in [0.25, 0.3) is 38.1 Å². The van der Waals surface area contributed by atoms with Gasteiger partial charge in [-0.15, -0.1) is 0 Å². The van der Waals surface area contributed by atoms with Crippen LogP contribution in [0.4, 0.5) is 5.13 Å². The predicted octanol–water partition coefficient (Wildman–Crippen LogP) is 6.83. The molecule has 1 amide bonds. The van der Waals surface area contributed by atoms with Crippen molar-refractivity contribution in [1.82, 2.24) is 19.5 Å². The topological polar surface area (TPSA) is 81.9 Å². The summed E-state index contributed by atoms with van der Waals surface area (Å²) in [5.74, 6) is 0.888. The molecule has 6 rings (SSSR count). The van der Waals surface area contributed by atoms with Gasteiger partial charge in [-0.3, -0.25) is 4.79 Å². The van der Waals surface area contributed by atoms with Crippen LogP contribution in [0, 0.1) is 0 Å². The Morgan fingerprint density at radius 3 is 2.58 bits per heavy atom. The summed E-state index contributed by atoms with van der Waals surface area (Å²) in [5.41, 5.74) is 4.67. The molecule has 0 aliphatic rings. The van der Waals surface area contributed by atoms with E-state index in [1.54, 1.807) is 6.33 Å². The number of anilines is 1. The Morgan fingerprint density at radius 1 is 1.00 bits per heavy atom. The van der Waals surface area contributed by atoms with Crippen LogP contribution in [0.5, 0.6) is 5.75 Å². The Hall–Kier alpha value is -4.21. The molecule has 0 radical (unpaired) electrons. The van der Waals surface area contributed by atoms with Crippen LogP contribution in [-0.2, 0) is 4.79 Å². The molecule has 188 valence electrons. The summed E-state index contributed by atoms with van der Waals surface area (Å²) in [7, 11) is 0. The van der Waals surface area contributed by atoms with Gasteiger partial charge in [0.15, 0.2) is 5.13 Å². The third kappa shape index (κ3) is 4.85. The molecule has 9 heteroatoms. The minimum Gasteiger partial charge on any atom is -0.494 e. The summed E-state index contributed by atoms with van der Waals surface area (Å²) in [6.45, 7) is 2.58. The zero-order valence-corrected chi connectivity index (χ0v) is 22.1. The molecule has 3 heterocycles. The van der Waals surface area contributed by atoms with Gasteiger partial charge in [-0.2, -0.15) is 0 Å². The Labute approximate surface area is 227 Å². The number of para-hydroxylation sites is 1. The number of nitrogens with zero attached hydrogens (tertiary/aromatic N) is 4. The second kappa shape index (κ2) is 10.6. The number of aromatic nitrogens is 4. The summed E-state index contributed by atoms with van der Waals surface area (Å²) in [5, 5.41) is 5.18. The number of benzene rings is 3. The van der Waals surface area contributed by atoms with Crippen LogP contribution in [0.1, 0.15) is 6.92 Å². The fourth-order valence-electron chi connectivity index (χ4n) is 4.26. The van der Waals surface area contributed by atoms with Gasteiger partial charge in [0, 0.05) is 17.4 Å². The monoisotopic (exact) mass is 537 g/mol. The van der Waals surface area contributed by atoms with Crippen LogP contribution in [0.2, 0.25) is 0 Å². The molecule has 6 aromatic rings. The van der Waals surface area contributed by atoms with Gasteiger partial charge in [0.1, 0.15) is 22.7 Å². The number of amides is 1. The molecule has 0 aliphatic heterocycles. The molecule has 0 bridgehead atoms. The molecule has 0 spiro atoms. The first kappa shape index (κ1) is 24.1. The van der Waals surface area contributed by atoms with E-state index in [9.17, 15) is 4.79 Å². The standard InChI is InChI=1S/C29H23N5O2S2/c1-2-36-21-14-12-20(13-15-21)34-16-22(19-8-4-3-5-9-19)26-27(34)30-18-31-28(26)37-17-25(35)33-29-32-23-10-6-7-11-24(23)38-29/h3-16,18H,2,17H2,1H3,(H,32,33,35). The van der Waals surface area contributed by atoms with Crippen molar-refractivity contribution < 1.29 is 9.53 Å². The van der Waals surface area contributed by atoms with Crippen LogP contribution in [-0.4, -0.2) is 37.8 Å². The fourth-order valence-corrected chi connectivity index (χ4v) is 5.95. The van der Waals surface area contributed by atoms with E-state index in [0.29, 0.717) is 11.7 Å². The average Bonchev–Trinajstić information content (AvgIpc) is 3.54. The first-order chi connectivity index (χ1) is 18.7. The van der Waals surface area contributed by atoms with Crippen molar-refractivity contribution in [1.29, 1.82) is 0 Å². The quantitative estimate of drug-likeness (QED) is 0.169. The Kier molecular flexibility index (Phi) is 6.76. The average molecular weight is 538 g/mol. The summed E-state index contributed by atoms with van der Waals surface area (Å²) >= 11 is 2.86. The summed E-state index contributed by atoms with van der Waals surface area (Å²) < 4.78 is 8.71. The number of thiazole rings is 1. The van der Waals surface area contributed by atoms with Crippen molar-refractivity contribution in [3.05, 3.63) is 91.4 Å². The molecule has 3 aromatic carbocycles. The Balaban J connectivity index is 1.32. The largest absolute Gasteiger partial charge is 0.494 e. The third-order valence-electron chi connectivity index (χ3n) is 5.94. The van der Waals surface area contributed by atoms with E-state index in [0.717, 1.165) is 48.8 Å². The van der Waals surface area contributed by atoms with Crippen molar-refractivity contribution >= 4 is 55.4 Å². The van der Waals surface area contributed by atoms with Crippen molar-refractivity contribution in [2.24, 2.45) is 0 Å². The highest BCUT2D eigenvalue weighted by molar-refractivity contribution is 8.00. The van der Waals surface area contributed by atoms with Crippen LogP contribution in [0.3, 0.4) is 0 Å². The van der Waals surface area contributed by atoms with Gasteiger partial charge in [0.05, 0.1) is 28.0 Å². The highest BCUT2D eigenvalue weighted by atomic mass is 32.2. The number of thioether (sulfide) groups is 1. The van der Waals surface area contributed by atoms with Gasteiger partial charge in [-0.05, 0) is 48.9 Å². The van der Waals surface area contributed by atoms with Gasteiger partial charge in [-0.1, -0.05) is 65.6 Å². The second-order valence-electron chi connectivity index (χ2n) is 8.41. The molecule has 0 saturated carbocycles. The van der Waals surface area contributed by atoms with E-state index in [4.69, 9.17) is 4.74 Å². The molecule has 0 fully saturated rings. The van der Waals surface area contributed by atoms with Crippen LogP contribution >= 0.6 is 23.1 Å². The molecular weight excluding hydrogens is 514 g/mol. The van der Waals surface area contributed by atoms with E-state index < -0.39 is 0 Å². The molecule has 0 saturated heterocycles. The fraction of sp³-hybridized carbons (Fsp3) is 0.103. The Bertz CT molecular complexity index is 1700. The lowest BCUT2D eigenvalue weighted by Crippen LogP contribution is -2.13. The summed E-state index contributed by atoms with van der Waals surface area (Å²) in [4.78, 5) is 26.6. The van der Waals surface area contributed by atoms with E-state index in [2.05, 4.69) is 43.2 Å². The van der Waals surface area contributed by atoms with Crippen molar-refractivity contribution in [2.45, 2.75) is 11.9 Å². The zero-order valence-electron chi connectivity index (χ0n) is 20.5. The predicted molar refractivity (Wildman–Crippen MR) is 154 cm³/mol. The van der Waals surface area contributed by atoms with Gasteiger partial charge in [0.25, 0.3) is 0 Å². The molecule has 1 N–H and O–H groups in total. The van der Waals surface area contributed by atoms with Crippen LogP contribution in [0.15, 0.2) is 96.4 Å². The number of carbonyl (C=O) groups is 1. The number of hydrogen-bond donors (Lipinski definition) is 1. The highest BCUT2D eigenvalue weighted by Crippen LogP contribution is 2.37. The molecule has 0 unspecified atom stereocenters. The minimum atomic E-state index is -0.131. The SMILES string of the molecule is CCOc1ccc(-n2cc(-c3ccccc3)c3c(SCC(=O)Nc4nc5ccccc5s4)ncnc32)cc1. The number of carbonyl (C=O) groups excluding carboxylic acids is 1. The molecule has 0 aliphatic carbocycles. The lowest BCUT2D eigenvalue weighted by atomic mass is 10.1. The summed E-state index contributed by atoms with van der Waals surface area (Å²) in [6, 6.07) is 25.9. The smallest absolute Gasteiger partial charge is 0.236 e. The maximum Gasteiger partial charge on any atom is 0.236 e. The molecule has 38 heavy (non-hydrogen) atoms. The number of nitrogens with one attached hydrogen (secondary N) is 1. The van der Waals surface area contributed by atoms with E-state index in [-0.39, 0.29) is 11.7 Å².